The molecule has 1 aromatic heterocycles. The lowest BCUT2D eigenvalue weighted by atomic mass is 9.85. The van der Waals surface area contributed by atoms with Crippen molar-refractivity contribution in [2.75, 3.05) is 0 Å². The Kier molecular flexibility index (Phi) is 6.99. The second kappa shape index (κ2) is 9.99. The van der Waals surface area contributed by atoms with Gasteiger partial charge in [-0.2, -0.15) is 18.3 Å². The third-order valence-electron chi connectivity index (χ3n) is 5.63. The van der Waals surface area contributed by atoms with Crippen LogP contribution < -0.4 is 4.74 Å². The van der Waals surface area contributed by atoms with Gasteiger partial charge >= 0.3 is 12.1 Å². The summed E-state index contributed by atoms with van der Waals surface area (Å²) in [6.45, 7) is 5.05. The van der Waals surface area contributed by atoms with E-state index in [9.17, 15) is 18.0 Å². The number of hydrogen-bond donors (Lipinski definition) is 1. The van der Waals surface area contributed by atoms with Gasteiger partial charge in [0.2, 0.25) is 0 Å². The van der Waals surface area contributed by atoms with Crippen LogP contribution in [0.15, 0.2) is 73.4 Å². The van der Waals surface area contributed by atoms with E-state index in [1.165, 1.54) is 30.5 Å². The molecule has 0 saturated heterocycles. The predicted octanol–water partition coefficient (Wildman–Crippen LogP) is 7.83. The zero-order chi connectivity index (χ0) is 26.0. The number of aromatic amines is 1. The van der Waals surface area contributed by atoms with Crippen LogP contribution >= 0.6 is 11.6 Å². The van der Waals surface area contributed by atoms with E-state index in [0.717, 1.165) is 12.1 Å². The summed E-state index contributed by atoms with van der Waals surface area (Å²) in [6.07, 6.45) is -2.38. The number of nitrogens with zero attached hydrogens (tertiary/aromatic N) is 1. The molecule has 184 valence electrons. The molecule has 4 aromatic rings. The molecule has 0 radical (unpaired) electrons. The highest BCUT2D eigenvalue weighted by molar-refractivity contribution is 6.30. The van der Waals surface area contributed by atoms with E-state index in [1.54, 1.807) is 31.2 Å². The van der Waals surface area contributed by atoms with Crippen molar-refractivity contribution in [2.45, 2.75) is 19.5 Å². The molecule has 4 nitrogen and oxygen atoms in total. The van der Waals surface area contributed by atoms with Crippen LogP contribution in [0.1, 0.15) is 35.6 Å². The molecule has 4 rings (SSSR count). The first-order chi connectivity index (χ1) is 17.2. The van der Waals surface area contributed by atoms with Crippen LogP contribution in [0.2, 0.25) is 5.02 Å². The molecule has 0 atom stereocenters. The number of nitrogens with one attached hydrogen (secondary N) is 1. The Morgan fingerprint density at radius 2 is 1.83 bits per heavy atom. The number of carbonyl (C=O) groups excluding carboxylic acids is 1. The Labute approximate surface area is 208 Å². The first-order valence-corrected chi connectivity index (χ1v) is 11.2. The van der Waals surface area contributed by atoms with Crippen LogP contribution in [0.4, 0.5) is 17.6 Å². The smallest absolute Gasteiger partial charge is 0.417 e. The molecule has 1 heterocycles. The van der Waals surface area contributed by atoms with Gasteiger partial charge < -0.3 is 4.74 Å². The van der Waals surface area contributed by atoms with Crippen molar-refractivity contribution in [1.29, 1.82) is 0 Å². The minimum atomic E-state index is -4.73. The fourth-order valence-corrected chi connectivity index (χ4v) is 4.25. The first kappa shape index (κ1) is 25.2. The number of aromatic nitrogens is 2. The van der Waals surface area contributed by atoms with Gasteiger partial charge in [0.1, 0.15) is 11.6 Å². The number of ether oxygens (including phenoxy) is 1. The largest absolute Gasteiger partial charge is 0.423 e. The number of carbonyl (C=O) groups is 1. The first-order valence-electron chi connectivity index (χ1n) is 10.8. The van der Waals surface area contributed by atoms with Crippen molar-refractivity contribution in [3.8, 4) is 5.75 Å². The molecule has 1 N–H and O–H groups in total. The van der Waals surface area contributed by atoms with Crippen molar-refractivity contribution in [2.24, 2.45) is 0 Å². The molecular weight excluding hydrogens is 496 g/mol. The zero-order valence-corrected chi connectivity index (χ0v) is 19.7. The van der Waals surface area contributed by atoms with Crippen LogP contribution in [0, 0.1) is 5.82 Å². The van der Waals surface area contributed by atoms with Crippen molar-refractivity contribution < 1.29 is 27.1 Å². The Balaban J connectivity index is 2.14. The number of H-pyrrole nitrogens is 1. The van der Waals surface area contributed by atoms with Crippen LogP contribution in [-0.4, -0.2) is 16.2 Å². The quantitative estimate of drug-likeness (QED) is 0.0937. The van der Waals surface area contributed by atoms with Gasteiger partial charge in [-0.3, -0.25) is 5.10 Å². The van der Waals surface area contributed by atoms with E-state index in [2.05, 4.69) is 16.8 Å². The summed E-state index contributed by atoms with van der Waals surface area (Å²) in [4.78, 5) is 12.0. The van der Waals surface area contributed by atoms with Gasteiger partial charge in [0, 0.05) is 22.2 Å². The summed E-state index contributed by atoms with van der Waals surface area (Å²) in [7, 11) is 0. The fourth-order valence-electron chi connectivity index (χ4n) is 4.07. The molecule has 0 bridgehead atoms. The zero-order valence-electron chi connectivity index (χ0n) is 18.9. The number of allylic oxidation sites excluding steroid dienone is 1. The lowest BCUT2D eigenvalue weighted by molar-refractivity contribution is -0.137. The SMILES string of the molecule is C=CC(=O)Oc1ccccc1/C(=C(/CC)c1ccc(Cl)cc1C(F)(F)F)c1ccc2[nH]ncc2c1F. The number of rotatable bonds is 6. The molecule has 0 fully saturated rings. The monoisotopic (exact) mass is 514 g/mol. The van der Waals surface area contributed by atoms with Crippen LogP contribution in [0.5, 0.6) is 5.75 Å². The highest BCUT2D eigenvalue weighted by Crippen LogP contribution is 2.44. The maximum atomic E-state index is 15.8. The highest BCUT2D eigenvalue weighted by Gasteiger charge is 2.35. The van der Waals surface area contributed by atoms with E-state index in [-0.39, 0.29) is 50.4 Å². The van der Waals surface area contributed by atoms with E-state index in [1.807, 2.05) is 0 Å². The third-order valence-corrected chi connectivity index (χ3v) is 5.86. The topological polar surface area (TPSA) is 55.0 Å². The minimum Gasteiger partial charge on any atom is -0.423 e. The summed E-state index contributed by atoms with van der Waals surface area (Å²) in [6, 6.07) is 12.7. The molecule has 3 aromatic carbocycles. The van der Waals surface area contributed by atoms with E-state index < -0.39 is 23.5 Å². The van der Waals surface area contributed by atoms with Gasteiger partial charge in [0.15, 0.2) is 0 Å². The Hall–Kier alpha value is -3.91. The molecule has 0 saturated carbocycles. The second-order valence-electron chi connectivity index (χ2n) is 7.77. The lowest BCUT2D eigenvalue weighted by Gasteiger charge is -2.22. The van der Waals surface area contributed by atoms with Crippen molar-refractivity contribution >= 4 is 39.6 Å². The highest BCUT2D eigenvalue weighted by atomic mass is 35.5. The van der Waals surface area contributed by atoms with Gasteiger partial charge in [-0.1, -0.05) is 49.4 Å². The lowest BCUT2D eigenvalue weighted by Crippen LogP contribution is -2.11. The third kappa shape index (κ3) is 4.77. The maximum Gasteiger partial charge on any atom is 0.417 e. The number of para-hydroxylation sites is 1. The fraction of sp³-hybridized carbons (Fsp3) is 0.111. The predicted molar refractivity (Wildman–Crippen MR) is 131 cm³/mol. The van der Waals surface area contributed by atoms with E-state index in [0.29, 0.717) is 5.52 Å². The van der Waals surface area contributed by atoms with Crippen LogP contribution in [0.25, 0.3) is 22.0 Å². The summed E-state index contributed by atoms with van der Waals surface area (Å²) >= 11 is 5.91. The number of halogens is 5. The van der Waals surface area contributed by atoms with Gasteiger partial charge in [-0.25, -0.2) is 9.18 Å². The molecule has 0 unspecified atom stereocenters. The molecule has 0 amide bonds. The van der Waals surface area contributed by atoms with Gasteiger partial charge in [0.25, 0.3) is 0 Å². The summed E-state index contributed by atoms with van der Waals surface area (Å²) in [5.74, 6) is -1.42. The summed E-state index contributed by atoms with van der Waals surface area (Å²) in [5, 5.41) is 6.60. The summed E-state index contributed by atoms with van der Waals surface area (Å²) < 4.78 is 63.5. The van der Waals surface area contributed by atoms with Crippen LogP contribution in [0.3, 0.4) is 0 Å². The Morgan fingerprint density at radius 3 is 2.53 bits per heavy atom. The molecule has 0 aliphatic heterocycles. The minimum absolute atomic E-state index is 0.0194. The van der Waals surface area contributed by atoms with Gasteiger partial charge in [-0.05, 0) is 53.5 Å². The molecule has 0 spiro atoms. The molecule has 36 heavy (non-hydrogen) atoms. The normalized spacial score (nSPS) is 12.4. The number of benzene rings is 3. The van der Waals surface area contributed by atoms with Crippen molar-refractivity contribution in [3.63, 3.8) is 0 Å². The summed E-state index contributed by atoms with van der Waals surface area (Å²) in [5.41, 5.74) is -0.139. The Morgan fingerprint density at radius 1 is 1.11 bits per heavy atom. The number of hydrogen-bond acceptors (Lipinski definition) is 3. The molecule has 0 aliphatic rings. The Bertz CT molecular complexity index is 1510. The second-order valence-corrected chi connectivity index (χ2v) is 8.21. The van der Waals surface area contributed by atoms with Gasteiger partial charge in [-0.15, -0.1) is 0 Å². The molecule has 9 heteroatoms. The average molecular weight is 515 g/mol. The van der Waals surface area contributed by atoms with Crippen molar-refractivity contribution in [3.05, 3.63) is 107 Å². The number of alkyl halides is 3. The standard InChI is InChI=1S/C27H19ClF4N2O2/c1-3-16(17-10-9-15(28)13-21(17)27(30,31)32)25(18-7-5-6-8-23(18)36-24(35)4-2)19-11-12-22-20(26(19)29)14-33-34-22/h4-14H,2-3H2,1H3,(H,33,34)/b25-16+. The number of fused-ring (bicyclic) bond motifs is 1. The van der Waals surface area contributed by atoms with E-state index >= 15 is 4.39 Å². The van der Waals surface area contributed by atoms with Gasteiger partial charge in [0.05, 0.1) is 22.7 Å². The number of esters is 1. The molecule has 0 aliphatic carbocycles. The molecular formula is C27H19ClF4N2O2. The maximum absolute atomic E-state index is 15.8. The van der Waals surface area contributed by atoms with E-state index in [4.69, 9.17) is 16.3 Å². The van der Waals surface area contributed by atoms with Crippen LogP contribution in [-0.2, 0) is 11.0 Å². The van der Waals surface area contributed by atoms with Crippen molar-refractivity contribution in [1.82, 2.24) is 10.2 Å². The average Bonchev–Trinajstić information content (AvgIpc) is 3.33.